The summed E-state index contributed by atoms with van der Waals surface area (Å²) in [6, 6.07) is 27.0. The molecule has 0 fully saturated rings. The molecular weight excluding hydrogens is 560 g/mol. The van der Waals surface area contributed by atoms with Gasteiger partial charge in [-0.2, -0.15) is 5.10 Å². The molecule has 41 heavy (non-hydrogen) atoms. The van der Waals surface area contributed by atoms with Crippen LogP contribution in [0.25, 0.3) is 0 Å². The Morgan fingerprint density at radius 2 is 1.54 bits per heavy atom. The van der Waals surface area contributed by atoms with Gasteiger partial charge in [-0.05, 0) is 80.4 Å². The van der Waals surface area contributed by atoms with Crippen molar-refractivity contribution < 1.29 is 18.0 Å². The highest BCUT2D eigenvalue weighted by molar-refractivity contribution is 7.92. The van der Waals surface area contributed by atoms with E-state index in [0.29, 0.717) is 38.8 Å². The van der Waals surface area contributed by atoms with Crippen LogP contribution in [-0.2, 0) is 14.8 Å². The van der Waals surface area contributed by atoms with Crippen LogP contribution < -0.4 is 15.0 Å². The van der Waals surface area contributed by atoms with Crippen LogP contribution in [0.3, 0.4) is 0 Å². The van der Waals surface area contributed by atoms with E-state index in [1.165, 1.54) is 12.1 Å². The largest absolute Gasteiger partial charge is 0.322 e. The van der Waals surface area contributed by atoms with Gasteiger partial charge in [0.25, 0.3) is 21.8 Å². The molecule has 0 aliphatic rings. The van der Waals surface area contributed by atoms with Crippen LogP contribution in [0.4, 0.5) is 11.4 Å². The SMILES string of the molecule is C/C(=N/NC(=O)CN(c1ccccc1C)S(=O)(=O)c1ccc(C)cc1)c1cccc(NC(=O)c2cccc(Cl)c2)c1. The maximum absolute atomic E-state index is 13.6. The summed E-state index contributed by atoms with van der Waals surface area (Å²) in [5.74, 6) is -0.938. The molecule has 0 aromatic heterocycles. The number of sulfonamides is 1. The Hall–Kier alpha value is -4.47. The number of anilines is 2. The normalized spacial score (nSPS) is 11.6. The molecule has 0 atom stereocenters. The summed E-state index contributed by atoms with van der Waals surface area (Å²) in [4.78, 5) is 25.7. The monoisotopic (exact) mass is 588 g/mol. The summed E-state index contributed by atoms with van der Waals surface area (Å²) in [5.41, 5.74) is 6.54. The fraction of sp³-hybridized carbons (Fsp3) is 0.129. The molecule has 0 bridgehead atoms. The Kier molecular flexibility index (Phi) is 9.21. The van der Waals surface area contributed by atoms with Crippen molar-refractivity contribution in [2.75, 3.05) is 16.2 Å². The molecule has 10 heteroatoms. The van der Waals surface area contributed by atoms with E-state index in [1.807, 2.05) is 6.92 Å². The first-order chi connectivity index (χ1) is 19.5. The van der Waals surface area contributed by atoms with Crippen molar-refractivity contribution in [1.82, 2.24) is 5.43 Å². The minimum absolute atomic E-state index is 0.0791. The minimum atomic E-state index is -4.05. The van der Waals surface area contributed by atoms with Crippen LogP contribution in [0, 0.1) is 13.8 Å². The molecule has 210 valence electrons. The van der Waals surface area contributed by atoms with Crippen molar-refractivity contribution in [3.8, 4) is 0 Å². The van der Waals surface area contributed by atoms with Crippen molar-refractivity contribution in [2.45, 2.75) is 25.7 Å². The Balaban J connectivity index is 1.51. The highest BCUT2D eigenvalue weighted by atomic mass is 35.5. The van der Waals surface area contributed by atoms with Gasteiger partial charge in [0.15, 0.2) is 0 Å². The summed E-state index contributed by atoms with van der Waals surface area (Å²) < 4.78 is 28.3. The average molecular weight is 589 g/mol. The first kappa shape index (κ1) is 29.5. The van der Waals surface area contributed by atoms with Crippen molar-refractivity contribution >= 4 is 50.5 Å². The number of aryl methyl sites for hydroxylation is 2. The molecule has 2 amide bonds. The van der Waals surface area contributed by atoms with E-state index in [4.69, 9.17) is 11.6 Å². The number of carbonyl (C=O) groups excluding carboxylic acids is 2. The third-order valence-electron chi connectivity index (χ3n) is 6.25. The van der Waals surface area contributed by atoms with Gasteiger partial charge < -0.3 is 5.32 Å². The van der Waals surface area contributed by atoms with Crippen molar-refractivity contribution in [1.29, 1.82) is 0 Å². The van der Waals surface area contributed by atoms with Gasteiger partial charge in [0, 0.05) is 16.3 Å². The molecule has 0 spiro atoms. The smallest absolute Gasteiger partial charge is 0.264 e. The molecule has 2 N–H and O–H groups in total. The van der Waals surface area contributed by atoms with E-state index >= 15 is 0 Å². The molecular formula is C31H29ClN4O4S. The second kappa shape index (κ2) is 12.8. The second-order valence-corrected chi connectivity index (χ2v) is 11.7. The van der Waals surface area contributed by atoms with Crippen LogP contribution in [0.5, 0.6) is 0 Å². The van der Waals surface area contributed by atoms with Crippen molar-refractivity contribution in [3.05, 3.63) is 124 Å². The van der Waals surface area contributed by atoms with E-state index in [-0.39, 0.29) is 10.8 Å². The molecule has 0 heterocycles. The van der Waals surface area contributed by atoms with E-state index in [9.17, 15) is 18.0 Å². The zero-order chi connectivity index (χ0) is 29.6. The first-order valence-corrected chi connectivity index (χ1v) is 14.5. The zero-order valence-corrected chi connectivity index (χ0v) is 24.3. The molecule has 8 nitrogen and oxygen atoms in total. The Labute approximate surface area is 244 Å². The fourth-order valence-electron chi connectivity index (χ4n) is 4.01. The van der Waals surface area contributed by atoms with E-state index in [2.05, 4.69) is 15.8 Å². The van der Waals surface area contributed by atoms with Crippen LogP contribution in [0.15, 0.2) is 107 Å². The van der Waals surface area contributed by atoms with E-state index < -0.39 is 22.5 Å². The summed E-state index contributed by atoms with van der Waals surface area (Å²) in [5, 5.41) is 7.46. The molecule has 0 saturated carbocycles. The van der Waals surface area contributed by atoms with Crippen molar-refractivity contribution in [3.63, 3.8) is 0 Å². The first-order valence-electron chi connectivity index (χ1n) is 12.7. The number of amides is 2. The highest BCUT2D eigenvalue weighted by Gasteiger charge is 2.28. The summed E-state index contributed by atoms with van der Waals surface area (Å²) >= 11 is 5.99. The molecule has 4 aromatic rings. The number of hydrazone groups is 1. The Bertz CT molecular complexity index is 1720. The van der Waals surface area contributed by atoms with Gasteiger partial charge in [0.2, 0.25) is 0 Å². The number of para-hydroxylation sites is 1. The summed E-state index contributed by atoms with van der Waals surface area (Å²) in [6.07, 6.45) is 0. The number of carbonyl (C=O) groups is 2. The predicted molar refractivity (Wildman–Crippen MR) is 163 cm³/mol. The lowest BCUT2D eigenvalue weighted by atomic mass is 10.1. The standard InChI is InChI=1S/C31H29ClN4O4S/c1-21-14-16-28(17-15-21)41(39,40)36(29-13-5-4-8-22(29)2)20-30(37)35-34-23(3)24-9-7-12-27(19-24)33-31(38)25-10-6-11-26(32)18-25/h4-19H,20H2,1-3H3,(H,33,38)(H,35,37)/b34-23-. The fourth-order valence-corrected chi connectivity index (χ4v) is 5.69. The molecule has 0 radical (unpaired) electrons. The summed E-state index contributed by atoms with van der Waals surface area (Å²) in [6.45, 7) is 4.87. The van der Waals surface area contributed by atoms with Gasteiger partial charge in [0.05, 0.1) is 16.3 Å². The lowest BCUT2D eigenvalue weighted by Crippen LogP contribution is -2.40. The van der Waals surface area contributed by atoms with Crippen LogP contribution in [-0.4, -0.2) is 32.5 Å². The van der Waals surface area contributed by atoms with Crippen LogP contribution >= 0.6 is 11.6 Å². The Morgan fingerprint density at radius 1 is 0.854 bits per heavy atom. The number of benzene rings is 4. The highest BCUT2D eigenvalue weighted by Crippen LogP contribution is 2.27. The third kappa shape index (κ3) is 7.39. The average Bonchev–Trinajstić information content (AvgIpc) is 2.95. The molecule has 0 saturated heterocycles. The third-order valence-corrected chi connectivity index (χ3v) is 8.26. The van der Waals surface area contributed by atoms with E-state index in [1.54, 1.807) is 98.8 Å². The lowest BCUT2D eigenvalue weighted by molar-refractivity contribution is -0.119. The number of hydrogen-bond donors (Lipinski definition) is 2. The Morgan fingerprint density at radius 3 is 2.24 bits per heavy atom. The number of halogens is 1. The maximum atomic E-state index is 13.6. The molecule has 0 aliphatic carbocycles. The zero-order valence-electron chi connectivity index (χ0n) is 22.8. The van der Waals surface area contributed by atoms with Crippen LogP contribution in [0.1, 0.15) is 34.0 Å². The van der Waals surface area contributed by atoms with Gasteiger partial charge >= 0.3 is 0 Å². The number of nitrogens with one attached hydrogen (secondary N) is 2. The van der Waals surface area contributed by atoms with Crippen LogP contribution in [0.2, 0.25) is 5.02 Å². The molecule has 4 aromatic carbocycles. The lowest BCUT2D eigenvalue weighted by Gasteiger charge is -2.25. The van der Waals surface area contributed by atoms with Gasteiger partial charge in [0.1, 0.15) is 6.54 Å². The topological polar surface area (TPSA) is 108 Å². The number of nitrogens with zero attached hydrogens (tertiary/aromatic N) is 2. The van der Waals surface area contributed by atoms with E-state index in [0.717, 1.165) is 9.87 Å². The van der Waals surface area contributed by atoms with Gasteiger partial charge in [-0.15, -0.1) is 0 Å². The molecule has 0 aliphatic heterocycles. The summed E-state index contributed by atoms with van der Waals surface area (Å²) in [7, 11) is -4.05. The van der Waals surface area contributed by atoms with Gasteiger partial charge in [-0.3, -0.25) is 13.9 Å². The van der Waals surface area contributed by atoms with Gasteiger partial charge in [-0.25, -0.2) is 13.8 Å². The van der Waals surface area contributed by atoms with Crippen molar-refractivity contribution in [2.24, 2.45) is 5.10 Å². The maximum Gasteiger partial charge on any atom is 0.264 e. The van der Waals surface area contributed by atoms with Gasteiger partial charge in [-0.1, -0.05) is 65.7 Å². The molecule has 0 unspecified atom stereocenters. The molecule has 4 rings (SSSR count). The predicted octanol–water partition coefficient (Wildman–Crippen LogP) is 5.94. The minimum Gasteiger partial charge on any atom is -0.322 e. The quantitative estimate of drug-likeness (QED) is 0.186. The second-order valence-electron chi connectivity index (χ2n) is 9.39. The number of hydrogen-bond acceptors (Lipinski definition) is 5. The number of rotatable bonds is 9.